The number of alkyl halides is 3. The van der Waals surface area contributed by atoms with Gasteiger partial charge in [0.1, 0.15) is 32.7 Å². The second kappa shape index (κ2) is 18.5. The molecule has 1 saturated heterocycles. The third kappa shape index (κ3) is 13.3. The number of hydrogen-bond donors (Lipinski definition) is 5. The second-order valence-corrected chi connectivity index (χ2v) is 11.0. The van der Waals surface area contributed by atoms with E-state index in [1.54, 1.807) is 6.07 Å². The summed E-state index contributed by atoms with van der Waals surface area (Å²) >= 11 is 1.54. The van der Waals surface area contributed by atoms with Crippen LogP contribution >= 0.6 is 11.8 Å². The van der Waals surface area contributed by atoms with E-state index in [0.29, 0.717) is 29.9 Å². The van der Waals surface area contributed by atoms with E-state index in [2.05, 4.69) is 6.08 Å². The van der Waals surface area contributed by atoms with Gasteiger partial charge in [-0.2, -0.15) is 13.2 Å². The fraction of sp³-hybridized carbons (Fsp3) is 0.290. The van der Waals surface area contributed by atoms with Crippen LogP contribution in [0.1, 0.15) is 23.1 Å². The summed E-state index contributed by atoms with van der Waals surface area (Å²) in [5, 5.41) is 43.5. The summed E-state index contributed by atoms with van der Waals surface area (Å²) in [4.78, 5) is 42.9. The summed E-state index contributed by atoms with van der Waals surface area (Å²) in [5.74, 6) is -5.61. The molecule has 5 N–H and O–H groups in total. The van der Waals surface area contributed by atoms with Crippen LogP contribution in [-0.4, -0.2) is 85.1 Å². The largest absolute Gasteiger partial charge is 0.545 e. The number of carbonyl (C=O) groups excluding carboxylic acids is 2. The van der Waals surface area contributed by atoms with Crippen molar-refractivity contribution in [2.75, 3.05) is 45.9 Å². The van der Waals surface area contributed by atoms with Crippen molar-refractivity contribution in [3.63, 3.8) is 0 Å². The maximum Gasteiger partial charge on any atom is 0.416 e. The summed E-state index contributed by atoms with van der Waals surface area (Å²) in [6.45, 7) is 6.27. The fourth-order valence-corrected chi connectivity index (χ4v) is 5.67. The Morgan fingerprint density at radius 1 is 0.783 bits per heavy atom. The monoisotopic (exact) mass is 666 g/mol. The number of benzene rings is 2. The molecule has 0 atom stereocenters. The first kappa shape index (κ1) is 37.7. The Kier molecular flexibility index (Phi) is 15.2. The van der Waals surface area contributed by atoms with Gasteiger partial charge in [0, 0.05) is 28.4 Å². The first-order chi connectivity index (χ1) is 21.7. The molecular formula is C31H33F3N2O9S. The summed E-state index contributed by atoms with van der Waals surface area (Å²) < 4.78 is 39.9. The minimum atomic E-state index is -4.34. The van der Waals surface area contributed by atoms with E-state index in [9.17, 15) is 42.6 Å². The van der Waals surface area contributed by atoms with Gasteiger partial charge in [-0.25, -0.2) is 9.59 Å². The topological polar surface area (TPSA) is 184 Å². The van der Waals surface area contributed by atoms with Gasteiger partial charge in [0.2, 0.25) is 0 Å². The third-order valence-electron chi connectivity index (χ3n) is 6.69. The molecule has 2 aliphatic rings. The van der Waals surface area contributed by atoms with Gasteiger partial charge >= 0.3 is 18.1 Å². The predicted octanol–water partition coefficient (Wildman–Crippen LogP) is -1.48. The Hall–Kier alpha value is -4.44. The lowest BCUT2D eigenvalue weighted by Crippen LogP contribution is -3.28. The van der Waals surface area contributed by atoms with E-state index < -0.39 is 35.6 Å². The Bertz CT molecular complexity index is 1400. The van der Waals surface area contributed by atoms with Crippen LogP contribution in [0.2, 0.25) is 0 Å². The molecule has 2 aromatic rings. The minimum absolute atomic E-state index is 0.230. The van der Waals surface area contributed by atoms with E-state index in [4.69, 9.17) is 15.3 Å². The quantitative estimate of drug-likeness (QED) is 0.169. The zero-order valence-corrected chi connectivity index (χ0v) is 25.2. The van der Waals surface area contributed by atoms with Crippen molar-refractivity contribution in [3.05, 3.63) is 89.5 Å². The average Bonchev–Trinajstić information content (AvgIpc) is 2.99. The fourth-order valence-electron chi connectivity index (χ4n) is 4.58. The number of halogens is 3. The number of nitrogens with one attached hydrogen (secondary N) is 2. The van der Waals surface area contributed by atoms with Crippen LogP contribution in [0, 0.1) is 0 Å². The lowest BCUT2D eigenvalue weighted by atomic mass is 9.94. The van der Waals surface area contributed by atoms with Crippen molar-refractivity contribution in [3.8, 4) is 0 Å². The molecule has 15 heteroatoms. The maximum absolute atomic E-state index is 13.3. The lowest BCUT2D eigenvalue weighted by Gasteiger charge is -2.29. The van der Waals surface area contributed by atoms with Gasteiger partial charge in [-0.3, -0.25) is 0 Å². The number of fused-ring (bicyclic) bond motifs is 2. The van der Waals surface area contributed by atoms with Crippen LogP contribution < -0.4 is 20.0 Å². The lowest BCUT2D eigenvalue weighted by molar-refractivity contribution is -1.01. The highest BCUT2D eigenvalue weighted by molar-refractivity contribution is 7.99. The molecule has 0 spiro atoms. The molecule has 0 radical (unpaired) electrons. The second-order valence-electron chi connectivity index (χ2n) is 9.92. The van der Waals surface area contributed by atoms with Crippen molar-refractivity contribution < 1.29 is 67.7 Å². The maximum atomic E-state index is 13.3. The van der Waals surface area contributed by atoms with Crippen LogP contribution in [0.3, 0.4) is 0 Å². The SMILES string of the molecule is O=C([O-])/C=C/C(=O)O.O=C([O-])/C=C/C(=O)O.OCC[NH+]1CC[NH+](CC/C=C2\c3ccccc3Sc3ccc(C(F)(F)F)cc32)CC1. The van der Waals surface area contributed by atoms with Crippen molar-refractivity contribution in [1.82, 2.24) is 0 Å². The Morgan fingerprint density at radius 2 is 1.30 bits per heavy atom. The third-order valence-corrected chi connectivity index (χ3v) is 7.85. The Morgan fingerprint density at radius 3 is 1.78 bits per heavy atom. The molecule has 0 amide bonds. The van der Waals surface area contributed by atoms with Crippen LogP contribution in [0.15, 0.2) is 82.6 Å². The smallest absolute Gasteiger partial charge is 0.416 e. The van der Waals surface area contributed by atoms with E-state index in [1.165, 1.54) is 33.7 Å². The molecular weight excluding hydrogens is 633 g/mol. The number of aliphatic carboxylic acids is 4. The Labute approximate surface area is 266 Å². The molecule has 2 aliphatic heterocycles. The molecule has 248 valence electrons. The molecule has 0 aliphatic carbocycles. The molecule has 0 aromatic heterocycles. The molecule has 0 saturated carbocycles. The number of hydrogen-bond acceptors (Lipinski definition) is 8. The first-order valence-corrected chi connectivity index (χ1v) is 14.7. The first-order valence-electron chi connectivity index (χ1n) is 13.9. The van der Waals surface area contributed by atoms with E-state index >= 15 is 0 Å². The highest BCUT2D eigenvalue weighted by Crippen LogP contribution is 2.46. The van der Waals surface area contributed by atoms with Crippen molar-refractivity contribution in [2.24, 2.45) is 0 Å². The number of carbonyl (C=O) groups is 4. The number of piperazine rings is 1. The van der Waals surface area contributed by atoms with Crippen molar-refractivity contribution in [2.45, 2.75) is 22.4 Å². The molecule has 2 aromatic carbocycles. The average molecular weight is 667 g/mol. The van der Waals surface area contributed by atoms with Crippen LogP contribution in [-0.2, 0) is 25.4 Å². The molecule has 46 heavy (non-hydrogen) atoms. The standard InChI is InChI=1S/C23H25F3N2OS.2C4H4O4/c24-23(25,26)17-7-8-22-20(16-17)18(19-4-1-2-6-21(19)30-22)5-3-9-27-10-12-28(13-11-27)14-15-29;2*5-3(6)1-2-4(7)8/h1-2,4-8,16,29H,3,9-15H2;2*1-2H,(H,5,6)(H,7,8)/b18-5+;2*2-1+. The molecule has 11 nitrogen and oxygen atoms in total. The number of carboxylic acid groups (broad SMARTS) is 4. The van der Waals surface area contributed by atoms with Gasteiger partial charge in [-0.15, -0.1) is 0 Å². The summed E-state index contributed by atoms with van der Waals surface area (Å²) in [6, 6.07) is 12.0. The van der Waals surface area contributed by atoms with Gasteiger partial charge in [0.05, 0.1) is 30.7 Å². The van der Waals surface area contributed by atoms with E-state index in [0.717, 1.165) is 66.6 Å². The van der Waals surface area contributed by atoms with Crippen LogP contribution in [0.5, 0.6) is 0 Å². The summed E-state index contributed by atoms with van der Waals surface area (Å²) in [6.07, 6.45) is 0.490. The Balaban J connectivity index is 0.000000381. The number of carboxylic acids is 4. The molecule has 2 heterocycles. The van der Waals surface area contributed by atoms with Gasteiger partial charge in [-0.05, 0) is 53.1 Å². The number of aliphatic hydroxyl groups excluding tert-OH is 1. The highest BCUT2D eigenvalue weighted by Gasteiger charge is 2.32. The summed E-state index contributed by atoms with van der Waals surface area (Å²) in [5.41, 5.74) is 2.01. The van der Waals surface area contributed by atoms with Crippen LogP contribution in [0.4, 0.5) is 13.2 Å². The minimum Gasteiger partial charge on any atom is -0.545 e. The zero-order chi connectivity index (χ0) is 34.3. The normalized spacial score (nSPS) is 18.0. The number of quaternary nitrogens is 2. The van der Waals surface area contributed by atoms with Gasteiger partial charge in [0.25, 0.3) is 0 Å². The number of rotatable bonds is 9. The molecule has 1 fully saturated rings. The molecule has 0 unspecified atom stereocenters. The zero-order valence-electron chi connectivity index (χ0n) is 24.4. The van der Waals surface area contributed by atoms with Gasteiger partial charge in [0.15, 0.2) is 0 Å². The van der Waals surface area contributed by atoms with Crippen molar-refractivity contribution >= 4 is 41.2 Å². The summed E-state index contributed by atoms with van der Waals surface area (Å²) in [7, 11) is 0. The predicted molar refractivity (Wildman–Crippen MR) is 155 cm³/mol. The van der Waals surface area contributed by atoms with Crippen LogP contribution in [0.25, 0.3) is 5.57 Å². The van der Waals surface area contributed by atoms with Gasteiger partial charge in [-0.1, -0.05) is 36.0 Å². The number of aliphatic hydroxyl groups is 1. The van der Waals surface area contributed by atoms with E-state index in [1.807, 2.05) is 24.3 Å². The van der Waals surface area contributed by atoms with Gasteiger partial charge < -0.3 is 44.9 Å². The van der Waals surface area contributed by atoms with E-state index in [-0.39, 0.29) is 6.61 Å². The van der Waals surface area contributed by atoms with Crippen molar-refractivity contribution in [1.29, 1.82) is 0 Å². The molecule has 4 rings (SSSR count). The highest BCUT2D eigenvalue weighted by atomic mass is 32.2. The molecule has 0 bridgehead atoms.